The number of pyridine rings is 1. The quantitative estimate of drug-likeness (QED) is 0.792. The lowest BCUT2D eigenvalue weighted by Crippen LogP contribution is -2.26. The molecule has 0 atom stereocenters. The van der Waals surface area contributed by atoms with Crippen molar-refractivity contribution in [2.24, 2.45) is 0 Å². The minimum absolute atomic E-state index is 0.246. The Morgan fingerprint density at radius 3 is 2.75 bits per heavy atom. The van der Waals surface area contributed by atoms with E-state index in [1.165, 1.54) is 15.6 Å². The molecule has 108 valence electrons. The van der Waals surface area contributed by atoms with Gasteiger partial charge >= 0.3 is 0 Å². The van der Waals surface area contributed by atoms with E-state index >= 15 is 0 Å². The number of nitrogens with zero attached hydrogens (tertiary/aromatic N) is 2. The predicted molar refractivity (Wildman–Crippen MR) is 81.5 cm³/mol. The largest absolute Gasteiger partial charge is 0.257 e. The molecular weight excluding hydrogens is 316 g/mol. The van der Waals surface area contributed by atoms with Crippen LogP contribution in [-0.4, -0.2) is 24.8 Å². The van der Waals surface area contributed by atoms with Crippen molar-refractivity contribution >= 4 is 33.0 Å². The summed E-state index contributed by atoms with van der Waals surface area (Å²) in [5, 5.41) is 1.62. The molecule has 0 fully saturated rings. The van der Waals surface area contributed by atoms with Crippen LogP contribution in [0.4, 0.5) is 0 Å². The van der Waals surface area contributed by atoms with E-state index in [1.807, 2.05) is 25.1 Å². The third-order valence-corrected chi connectivity index (χ3v) is 6.11. The average Bonchev–Trinajstić information content (AvgIpc) is 2.88. The molecule has 0 bridgehead atoms. The molecule has 0 spiro atoms. The number of hydrogen-bond donors (Lipinski definition) is 0. The maximum atomic E-state index is 12.4. The van der Waals surface area contributed by atoms with E-state index in [9.17, 15) is 8.42 Å². The highest BCUT2D eigenvalue weighted by atomic mass is 35.5. The normalized spacial score (nSPS) is 12.0. The SMILES string of the molecule is Cc1cccc(CN(C)S(=O)(=O)c2csc(CCl)c2)n1. The van der Waals surface area contributed by atoms with Crippen molar-refractivity contribution in [2.45, 2.75) is 24.2 Å². The summed E-state index contributed by atoms with van der Waals surface area (Å²) in [4.78, 5) is 5.44. The lowest BCUT2D eigenvalue weighted by Gasteiger charge is -2.16. The van der Waals surface area contributed by atoms with E-state index in [0.29, 0.717) is 5.88 Å². The molecule has 4 nitrogen and oxygen atoms in total. The Kier molecular flexibility index (Phi) is 4.80. The van der Waals surface area contributed by atoms with Gasteiger partial charge in [0.05, 0.1) is 23.0 Å². The van der Waals surface area contributed by atoms with E-state index in [2.05, 4.69) is 4.98 Å². The van der Waals surface area contributed by atoms with Crippen molar-refractivity contribution in [1.82, 2.24) is 9.29 Å². The summed E-state index contributed by atoms with van der Waals surface area (Å²) in [5.74, 6) is 0.323. The number of sulfonamides is 1. The molecule has 0 aliphatic carbocycles. The second kappa shape index (κ2) is 6.22. The van der Waals surface area contributed by atoms with Crippen LogP contribution >= 0.6 is 22.9 Å². The Labute approximate surface area is 128 Å². The number of hydrogen-bond acceptors (Lipinski definition) is 4. The number of rotatable bonds is 5. The Hall–Kier alpha value is -0.950. The van der Waals surface area contributed by atoms with Gasteiger partial charge in [-0.2, -0.15) is 4.31 Å². The van der Waals surface area contributed by atoms with Gasteiger partial charge in [-0.15, -0.1) is 22.9 Å². The van der Waals surface area contributed by atoms with Crippen molar-refractivity contribution in [1.29, 1.82) is 0 Å². The van der Waals surface area contributed by atoms with E-state index in [4.69, 9.17) is 11.6 Å². The molecule has 0 N–H and O–H groups in total. The highest BCUT2D eigenvalue weighted by molar-refractivity contribution is 7.89. The topological polar surface area (TPSA) is 50.3 Å². The third kappa shape index (κ3) is 3.38. The summed E-state index contributed by atoms with van der Waals surface area (Å²) < 4.78 is 26.1. The van der Waals surface area contributed by atoms with E-state index < -0.39 is 10.0 Å². The first-order valence-electron chi connectivity index (χ1n) is 5.95. The highest BCUT2D eigenvalue weighted by Crippen LogP contribution is 2.23. The number of aromatic nitrogens is 1. The molecule has 2 aromatic heterocycles. The monoisotopic (exact) mass is 330 g/mol. The van der Waals surface area contributed by atoms with Crippen LogP contribution in [0.15, 0.2) is 34.5 Å². The molecule has 0 amide bonds. The standard InChI is InChI=1S/C13H15ClN2O2S2/c1-10-4-3-5-11(15-10)8-16(2)20(17,18)13-6-12(7-14)19-9-13/h3-6,9H,7-8H2,1-2H3. The summed E-state index contributed by atoms with van der Waals surface area (Å²) in [6, 6.07) is 7.18. The molecule has 7 heteroatoms. The number of alkyl halides is 1. The van der Waals surface area contributed by atoms with Gasteiger partial charge in [0.2, 0.25) is 10.0 Å². The predicted octanol–water partition coefficient (Wildman–Crippen LogP) is 3.01. The molecule has 0 aromatic carbocycles. The second-order valence-corrected chi connectivity index (χ2v) is 7.72. The van der Waals surface area contributed by atoms with Crippen LogP contribution in [0.2, 0.25) is 0 Å². The Bertz CT molecular complexity index is 698. The molecule has 0 saturated heterocycles. The van der Waals surface area contributed by atoms with Crippen molar-refractivity contribution in [3.8, 4) is 0 Å². The summed E-state index contributed by atoms with van der Waals surface area (Å²) in [6.07, 6.45) is 0. The van der Waals surface area contributed by atoms with E-state index in [1.54, 1.807) is 18.5 Å². The number of halogens is 1. The minimum atomic E-state index is -3.49. The van der Waals surface area contributed by atoms with Gasteiger partial charge in [0.1, 0.15) is 0 Å². The fourth-order valence-corrected chi connectivity index (χ4v) is 4.26. The molecule has 2 rings (SSSR count). The van der Waals surface area contributed by atoms with E-state index in [-0.39, 0.29) is 11.4 Å². The zero-order valence-electron chi connectivity index (χ0n) is 11.2. The fourth-order valence-electron chi connectivity index (χ4n) is 1.75. The first-order valence-corrected chi connectivity index (χ1v) is 8.81. The third-order valence-electron chi connectivity index (χ3n) is 2.80. The molecule has 0 saturated carbocycles. The molecular formula is C13H15ClN2O2S2. The van der Waals surface area contributed by atoms with Crippen molar-refractivity contribution < 1.29 is 8.42 Å². The van der Waals surface area contributed by atoms with Crippen LogP contribution in [0.1, 0.15) is 16.3 Å². The van der Waals surface area contributed by atoms with Gasteiger partial charge in [-0.3, -0.25) is 4.98 Å². The lowest BCUT2D eigenvalue weighted by molar-refractivity contribution is 0.462. The maximum absolute atomic E-state index is 12.4. The van der Waals surface area contributed by atoms with E-state index in [0.717, 1.165) is 16.3 Å². The van der Waals surface area contributed by atoms with Crippen LogP contribution in [0.25, 0.3) is 0 Å². The lowest BCUT2D eigenvalue weighted by atomic mass is 10.3. The summed E-state index contributed by atoms with van der Waals surface area (Å²) >= 11 is 7.06. The van der Waals surface area contributed by atoms with Gasteiger partial charge in [-0.1, -0.05) is 6.07 Å². The first-order chi connectivity index (χ1) is 9.43. The molecule has 0 aliphatic heterocycles. The Morgan fingerprint density at radius 1 is 1.40 bits per heavy atom. The Balaban J connectivity index is 2.21. The van der Waals surface area contributed by atoms with Gasteiger partial charge in [0, 0.05) is 23.0 Å². The van der Waals surface area contributed by atoms with Crippen LogP contribution in [0, 0.1) is 6.92 Å². The smallest absolute Gasteiger partial charge is 0.244 e. The van der Waals surface area contributed by atoms with Crippen molar-refractivity contribution in [2.75, 3.05) is 7.05 Å². The maximum Gasteiger partial charge on any atom is 0.244 e. The number of aryl methyl sites for hydroxylation is 1. The van der Waals surface area contributed by atoms with Gasteiger partial charge in [-0.05, 0) is 25.1 Å². The molecule has 0 unspecified atom stereocenters. The summed E-state index contributed by atoms with van der Waals surface area (Å²) in [7, 11) is -1.94. The fraction of sp³-hybridized carbons (Fsp3) is 0.308. The van der Waals surface area contributed by atoms with Gasteiger partial charge < -0.3 is 0 Å². The van der Waals surface area contributed by atoms with Gasteiger partial charge in [-0.25, -0.2) is 8.42 Å². The summed E-state index contributed by atoms with van der Waals surface area (Å²) in [5.41, 5.74) is 1.59. The Morgan fingerprint density at radius 2 is 2.15 bits per heavy atom. The summed E-state index contributed by atoms with van der Waals surface area (Å²) in [6.45, 7) is 2.12. The van der Waals surface area contributed by atoms with Crippen LogP contribution in [0.5, 0.6) is 0 Å². The molecule has 2 heterocycles. The molecule has 0 aliphatic rings. The van der Waals surface area contributed by atoms with Crippen LogP contribution < -0.4 is 0 Å². The zero-order valence-corrected chi connectivity index (χ0v) is 13.6. The van der Waals surface area contributed by atoms with Crippen LogP contribution in [0.3, 0.4) is 0 Å². The van der Waals surface area contributed by atoms with Crippen molar-refractivity contribution in [3.05, 3.63) is 45.9 Å². The van der Waals surface area contributed by atoms with Gasteiger partial charge in [0.15, 0.2) is 0 Å². The molecule has 2 aromatic rings. The average molecular weight is 331 g/mol. The highest BCUT2D eigenvalue weighted by Gasteiger charge is 2.22. The molecule has 0 radical (unpaired) electrons. The van der Waals surface area contributed by atoms with Crippen molar-refractivity contribution in [3.63, 3.8) is 0 Å². The zero-order chi connectivity index (χ0) is 14.8. The molecule has 20 heavy (non-hydrogen) atoms. The number of thiophene rings is 1. The second-order valence-electron chi connectivity index (χ2n) is 4.41. The minimum Gasteiger partial charge on any atom is -0.257 e. The van der Waals surface area contributed by atoms with Crippen LogP contribution in [-0.2, 0) is 22.4 Å². The van der Waals surface area contributed by atoms with Gasteiger partial charge in [0.25, 0.3) is 0 Å². The first kappa shape index (κ1) is 15.4.